The average molecular weight is 364 g/mol. The van der Waals surface area contributed by atoms with Crippen molar-refractivity contribution >= 4 is 51.6 Å². The number of ether oxygens (including phenoxy) is 1. The summed E-state index contributed by atoms with van der Waals surface area (Å²) in [5.74, 6) is 0.522. The van der Waals surface area contributed by atoms with Crippen LogP contribution in [-0.4, -0.2) is 15.5 Å². The highest BCUT2D eigenvalue weighted by atomic mass is 79.9. The minimum absolute atomic E-state index is 0.0127. The fourth-order valence-electron chi connectivity index (χ4n) is 0.872. The Labute approximate surface area is 103 Å². The van der Waals surface area contributed by atoms with Crippen molar-refractivity contribution in [3.8, 4) is 5.75 Å². The van der Waals surface area contributed by atoms with Crippen LogP contribution in [0.5, 0.6) is 5.75 Å². The molecule has 0 fully saturated rings. The molecule has 0 saturated heterocycles. The van der Waals surface area contributed by atoms with Gasteiger partial charge in [0, 0.05) is 10.7 Å². The van der Waals surface area contributed by atoms with Gasteiger partial charge in [0.1, 0.15) is 5.75 Å². The van der Waals surface area contributed by atoms with E-state index in [1.54, 1.807) is 0 Å². The Bertz CT molecular complexity index is 435. The summed E-state index contributed by atoms with van der Waals surface area (Å²) in [7, 11) is 2.96. The molecular weight excluding hydrogens is 359 g/mol. The number of methoxy groups -OCH3 is 1. The molecule has 0 spiro atoms. The molecule has 0 aliphatic heterocycles. The molecule has 0 aromatic heterocycles. The lowest BCUT2D eigenvalue weighted by Crippen LogP contribution is -1.93. The highest BCUT2D eigenvalue weighted by Crippen LogP contribution is 2.36. The van der Waals surface area contributed by atoms with Crippen LogP contribution < -0.4 is 4.74 Å². The van der Waals surface area contributed by atoms with Crippen LogP contribution in [0.1, 0.15) is 0 Å². The van der Waals surface area contributed by atoms with Gasteiger partial charge in [0.05, 0.1) is 21.0 Å². The van der Waals surface area contributed by atoms with E-state index in [1.807, 2.05) is 0 Å². The Morgan fingerprint density at radius 3 is 2.00 bits per heavy atom. The zero-order chi connectivity index (χ0) is 10.9. The number of hydrogen-bond acceptors (Lipinski definition) is 3. The number of benzene rings is 1. The minimum Gasteiger partial charge on any atom is -0.494 e. The molecule has 0 unspecified atom stereocenters. The predicted octanol–water partition coefficient (Wildman–Crippen LogP) is 3.15. The summed E-state index contributed by atoms with van der Waals surface area (Å²) in [6.45, 7) is 0. The normalized spacial score (nSPS) is 11.4. The maximum atomic E-state index is 11.0. The van der Waals surface area contributed by atoms with Gasteiger partial charge >= 0.3 is 0 Å². The van der Waals surface area contributed by atoms with Crippen molar-refractivity contribution in [3.05, 3.63) is 21.1 Å². The van der Waals surface area contributed by atoms with Crippen molar-refractivity contribution in [3.63, 3.8) is 0 Å². The third-order valence-corrected chi connectivity index (χ3v) is 3.97. The Hall–Kier alpha value is 0.220. The van der Waals surface area contributed by atoms with Gasteiger partial charge in [0.25, 0.3) is 9.05 Å². The topological polar surface area (TPSA) is 43.4 Å². The molecule has 1 aromatic rings. The summed E-state index contributed by atoms with van der Waals surface area (Å²) in [6, 6.07) is 2.76. The van der Waals surface area contributed by atoms with Crippen LogP contribution in [0.25, 0.3) is 0 Å². The second-order valence-electron chi connectivity index (χ2n) is 2.36. The largest absolute Gasteiger partial charge is 0.494 e. The smallest absolute Gasteiger partial charge is 0.261 e. The Morgan fingerprint density at radius 2 is 1.71 bits per heavy atom. The monoisotopic (exact) mass is 362 g/mol. The molecule has 1 rings (SSSR count). The summed E-state index contributed by atoms with van der Waals surface area (Å²) >= 11 is 6.34. The first-order chi connectivity index (χ1) is 6.36. The number of hydrogen-bond donors (Lipinski definition) is 0. The van der Waals surface area contributed by atoms with Gasteiger partial charge in [-0.05, 0) is 44.0 Å². The molecule has 78 valence electrons. The molecule has 0 N–H and O–H groups in total. The Kier molecular flexibility index (Phi) is 3.85. The van der Waals surface area contributed by atoms with Crippen LogP contribution in [0.4, 0.5) is 0 Å². The fraction of sp³-hybridized carbons (Fsp3) is 0.143. The molecule has 0 aliphatic carbocycles. The molecule has 0 amide bonds. The molecule has 0 saturated carbocycles. The molecular formula is C7H5Br2ClO3S. The Morgan fingerprint density at radius 1 is 1.29 bits per heavy atom. The maximum absolute atomic E-state index is 11.0. The molecule has 0 aliphatic rings. The molecule has 3 nitrogen and oxygen atoms in total. The van der Waals surface area contributed by atoms with Crippen LogP contribution >= 0.6 is 42.5 Å². The van der Waals surface area contributed by atoms with E-state index >= 15 is 0 Å². The van der Waals surface area contributed by atoms with E-state index in [0.29, 0.717) is 14.7 Å². The zero-order valence-electron chi connectivity index (χ0n) is 6.92. The highest BCUT2D eigenvalue weighted by molar-refractivity contribution is 9.11. The molecule has 1 aromatic carbocycles. The third-order valence-electron chi connectivity index (χ3n) is 1.46. The summed E-state index contributed by atoms with van der Waals surface area (Å²) in [5, 5.41) is 0. The second kappa shape index (κ2) is 4.38. The van der Waals surface area contributed by atoms with Gasteiger partial charge in [-0.15, -0.1) is 0 Å². The van der Waals surface area contributed by atoms with Crippen molar-refractivity contribution in [2.24, 2.45) is 0 Å². The van der Waals surface area contributed by atoms with E-state index in [-0.39, 0.29) is 4.90 Å². The molecule has 0 radical (unpaired) electrons. The summed E-state index contributed by atoms with van der Waals surface area (Å²) in [6.07, 6.45) is 0. The first kappa shape index (κ1) is 12.3. The van der Waals surface area contributed by atoms with Gasteiger partial charge < -0.3 is 4.74 Å². The van der Waals surface area contributed by atoms with Gasteiger partial charge in [-0.1, -0.05) is 0 Å². The van der Waals surface area contributed by atoms with Gasteiger partial charge in [-0.3, -0.25) is 0 Å². The van der Waals surface area contributed by atoms with Crippen LogP contribution in [0.2, 0.25) is 0 Å². The second-order valence-corrected chi connectivity index (χ2v) is 6.63. The first-order valence-corrected chi connectivity index (χ1v) is 7.23. The van der Waals surface area contributed by atoms with Gasteiger partial charge in [-0.2, -0.15) is 0 Å². The first-order valence-electron chi connectivity index (χ1n) is 3.34. The van der Waals surface area contributed by atoms with E-state index in [1.165, 1.54) is 19.2 Å². The summed E-state index contributed by atoms with van der Waals surface area (Å²) < 4.78 is 28.1. The number of rotatable bonds is 2. The fourth-order valence-corrected chi connectivity index (χ4v) is 3.47. The van der Waals surface area contributed by atoms with Gasteiger partial charge in [0.15, 0.2) is 0 Å². The lowest BCUT2D eigenvalue weighted by Gasteiger charge is -2.07. The highest BCUT2D eigenvalue weighted by Gasteiger charge is 2.15. The van der Waals surface area contributed by atoms with E-state index in [9.17, 15) is 8.42 Å². The third kappa shape index (κ3) is 2.62. The van der Waals surface area contributed by atoms with Crippen LogP contribution in [0.3, 0.4) is 0 Å². The quantitative estimate of drug-likeness (QED) is 0.757. The zero-order valence-corrected chi connectivity index (χ0v) is 11.7. The molecule has 0 heterocycles. The maximum Gasteiger partial charge on any atom is 0.261 e. The molecule has 7 heteroatoms. The van der Waals surface area contributed by atoms with Gasteiger partial charge in [-0.25, -0.2) is 8.42 Å². The summed E-state index contributed by atoms with van der Waals surface area (Å²) in [5.41, 5.74) is 0. The van der Waals surface area contributed by atoms with E-state index in [2.05, 4.69) is 31.9 Å². The SMILES string of the molecule is COc1c(Br)cc(S(=O)(=O)Cl)cc1Br. The molecule has 14 heavy (non-hydrogen) atoms. The number of halogens is 3. The lowest BCUT2D eigenvalue weighted by atomic mass is 10.3. The minimum atomic E-state index is -3.72. The summed E-state index contributed by atoms with van der Waals surface area (Å²) in [4.78, 5) is 0.0127. The van der Waals surface area contributed by atoms with Gasteiger partial charge in [0.2, 0.25) is 0 Å². The Balaban J connectivity index is 3.43. The molecule has 0 atom stereocenters. The van der Waals surface area contributed by atoms with Crippen molar-refractivity contribution in [1.29, 1.82) is 0 Å². The average Bonchev–Trinajstić information content (AvgIpc) is 2.01. The predicted molar refractivity (Wildman–Crippen MR) is 61.4 cm³/mol. The van der Waals surface area contributed by atoms with Crippen LogP contribution in [0, 0.1) is 0 Å². The van der Waals surface area contributed by atoms with E-state index in [4.69, 9.17) is 15.4 Å². The van der Waals surface area contributed by atoms with Crippen LogP contribution in [0.15, 0.2) is 26.0 Å². The van der Waals surface area contributed by atoms with Crippen LogP contribution in [-0.2, 0) is 9.05 Å². The standard InChI is InChI=1S/C7H5Br2ClO3S/c1-13-7-5(8)2-4(3-6(7)9)14(10,11)12/h2-3H,1H3. The van der Waals surface area contributed by atoms with Crippen molar-refractivity contribution in [2.45, 2.75) is 4.90 Å². The van der Waals surface area contributed by atoms with Crippen molar-refractivity contribution in [2.75, 3.05) is 7.11 Å². The van der Waals surface area contributed by atoms with E-state index in [0.717, 1.165) is 0 Å². The van der Waals surface area contributed by atoms with Crippen molar-refractivity contribution in [1.82, 2.24) is 0 Å². The van der Waals surface area contributed by atoms with Crippen molar-refractivity contribution < 1.29 is 13.2 Å². The van der Waals surface area contributed by atoms with E-state index < -0.39 is 9.05 Å². The molecule has 0 bridgehead atoms. The lowest BCUT2D eigenvalue weighted by molar-refractivity contribution is 0.409.